The van der Waals surface area contributed by atoms with E-state index in [0.29, 0.717) is 18.1 Å². The lowest BCUT2D eigenvalue weighted by Crippen LogP contribution is -2.41. The Balaban J connectivity index is 2.50. The second kappa shape index (κ2) is 8.15. The van der Waals surface area contributed by atoms with E-state index in [4.69, 9.17) is 22.1 Å². The van der Waals surface area contributed by atoms with E-state index in [2.05, 4.69) is 5.32 Å². The third-order valence-electron chi connectivity index (χ3n) is 2.93. The first kappa shape index (κ1) is 16.0. The van der Waals surface area contributed by atoms with Crippen molar-refractivity contribution in [3.8, 4) is 0 Å². The van der Waals surface area contributed by atoms with Gasteiger partial charge in [0, 0.05) is 18.7 Å². The Morgan fingerprint density at radius 1 is 1.47 bits per heavy atom. The van der Waals surface area contributed by atoms with Crippen LogP contribution in [0, 0.1) is 0 Å². The highest BCUT2D eigenvalue weighted by molar-refractivity contribution is 6.31. The summed E-state index contributed by atoms with van der Waals surface area (Å²) >= 11 is 6.09. The third-order valence-corrected chi connectivity index (χ3v) is 3.28. The lowest BCUT2D eigenvalue weighted by molar-refractivity contribution is -0.123. The molecule has 0 aromatic heterocycles. The molecule has 0 radical (unpaired) electrons. The van der Waals surface area contributed by atoms with E-state index in [1.54, 1.807) is 13.2 Å². The fraction of sp³-hybridized carbons (Fsp3) is 0.500. The van der Waals surface area contributed by atoms with Gasteiger partial charge in [-0.15, -0.1) is 0 Å². The van der Waals surface area contributed by atoms with Gasteiger partial charge in [-0.05, 0) is 31.4 Å². The van der Waals surface area contributed by atoms with Gasteiger partial charge in [0.25, 0.3) is 0 Å². The molecule has 0 saturated heterocycles. The summed E-state index contributed by atoms with van der Waals surface area (Å²) in [4.78, 5) is 11.9. The number of rotatable bonds is 7. The molecule has 0 saturated carbocycles. The van der Waals surface area contributed by atoms with Crippen LogP contribution in [0.4, 0.5) is 0 Å². The monoisotopic (exact) mass is 284 g/mol. The van der Waals surface area contributed by atoms with E-state index in [-0.39, 0.29) is 11.9 Å². The van der Waals surface area contributed by atoms with Crippen LogP contribution in [0.2, 0.25) is 5.02 Å². The van der Waals surface area contributed by atoms with Gasteiger partial charge in [-0.25, -0.2) is 0 Å². The highest BCUT2D eigenvalue weighted by Crippen LogP contribution is 2.22. The van der Waals surface area contributed by atoms with E-state index in [9.17, 15) is 4.79 Å². The van der Waals surface area contributed by atoms with Gasteiger partial charge >= 0.3 is 0 Å². The minimum absolute atomic E-state index is 0.158. The van der Waals surface area contributed by atoms with Crippen LogP contribution < -0.4 is 11.1 Å². The molecule has 0 aliphatic heterocycles. The largest absolute Gasteiger partial charge is 0.385 e. The molecule has 1 unspecified atom stereocenters. The van der Waals surface area contributed by atoms with Crippen LogP contribution in [0.1, 0.15) is 31.4 Å². The molecular formula is C14H21ClN2O2. The Kier molecular flexibility index (Phi) is 6.84. The number of carbonyl (C=O) groups excluding carboxylic acids is 1. The van der Waals surface area contributed by atoms with E-state index < -0.39 is 6.04 Å². The predicted molar refractivity (Wildman–Crippen MR) is 77.1 cm³/mol. The number of methoxy groups -OCH3 is 1. The predicted octanol–water partition coefficient (Wildman–Crippen LogP) is 2.27. The SMILES string of the molecule is COCCCC(N)C(=O)N[C@H](C)c1ccccc1Cl. The van der Waals surface area contributed by atoms with Crippen LogP contribution in [0.25, 0.3) is 0 Å². The third kappa shape index (κ3) is 5.19. The van der Waals surface area contributed by atoms with Gasteiger partial charge in [0.05, 0.1) is 12.1 Å². The number of carbonyl (C=O) groups is 1. The zero-order chi connectivity index (χ0) is 14.3. The second-order valence-corrected chi connectivity index (χ2v) is 4.90. The Morgan fingerprint density at radius 2 is 2.16 bits per heavy atom. The maximum Gasteiger partial charge on any atom is 0.237 e. The van der Waals surface area contributed by atoms with Gasteiger partial charge in [0.15, 0.2) is 0 Å². The molecular weight excluding hydrogens is 264 g/mol. The van der Waals surface area contributed by atoms with Gasteiger partial charge in [0.1, 0.15) is 0 Å². The molecule has 0 bridgehead atoms. The van der Waals surface area contributed by atoms with Crippen molar-refractivity contribution >= 4 is 17.5 Å². The van der Waals surface area contributed by atoms with Crippen molar-refractivity contribution in [2.75, 3.05) is 13.7 Å². The summed E-state index contributed by atoms with van der Waals surface area (Å²) in [5.74, 6) is -0.163. The fourth-order valence-electron chi connectivity index (χ4n) is 1.80. The Bertz CT molecular complexity index is 412. The highest BCUT2D eigenvalue weighted by Gasteiger charge is 2.17. The fourth-order valence-corrected chi connectivity index (χ4v) is 2.10. The summed E-state index contributed by atoms with van der Waals surface area (Å²) < 4.78 is 4.93. The van der Waals surface area contributed by atoms with Gasteiger partial charge in [0.2, 0.25) is 5.91 Å². The zero-order valence-corrected chi connectivity index (χ0v) is 12.1. The van der Waals surface area contributed by atoms with E-state index >= 15 is 0 Å². The summed E-state index contributed by atoms with van der Waals surface area (Å²) in [5.41, 5.74) is 6.71. The maximum atomic E-state index is 11.9. The Hall–Kier alpha value is -1.10. The van der Waals surface area contributed by atoms with Crippen LogP contribution in [0.3, 0.4) is 0 Å². The number of hydrogen-bond donors (Lipinski definition) is 2. The quantitative estimate of drug-likeness (QED) is 0.755. The minimum atomic E-state index is -0.514. The number of hydrogen-bond acceptors (Lipinski definition) is 3. The van der Waals surface area contributed by atoms with Gasteiger partial charge in [-0.3, -0.25) is 4.79 Å². The lowest BCUT2D eigenvalue weighted by Gasteiger charge is -2.18. The van der Waals surface area contributed by atoms with Crippen molar-refractivity contribution in [1.82, 2.24) is 5.32 Å². The second-order valence-electron chi connectivity index (χ2n) is 4.49. The maximum absolute atomic E-state index is 11.9. The molecule has 0 spiro atoms. The van der Waals surface area contributed by atoms with Crippen molar-refractivity contribution < 1.29 is 9.53 Å². The van der Waals surface area contributed by atoms with Crippen molar-refractivity contribution in [2.45, 2.75) is 31.8 Å². The molecule has 106 valence electrons. The molecule has 1 aromatic rings. The molecule has 5 heteroatoms. The van der Waals surface area contributed by atoms with Crippen LogP contribution in [0.15, 0.2) is 24.3 Å². The van der Waals surface area contributed by atoms with Crippen LogP contribution in [-0.4, -0.2) is 25.7 Å². The number of nitrogens with one attached hydrogen (secondary N) is 1. The van der Waals surface area contributed by atoms with Gasteiger partial charge in [-0.1, -0.05) is 29.8 Å². The smallest absolute Gasteiger partial charge is 0.237 e. The van der Waals surface area contributed by atoms with Gasteiger partial charge < -0.3 is 15.8 Å². The average molecular weight is 285 g/mol. The van der Waals surface area contributed by atoms with Crippen LogP contribution in [-0.2, 0) is 9.53 Å². The molecule has 0 heterocycles. The number of amides is 1. The number of ether oxygens (including phenoxy) is 1. The normalized spacial score (nSPS) is 13.9. The molecule has 1 amide bonds. The lowest BCUT2D eigenvalue weighted by atomic mass is 10.1. The number of nitrogens with two attached hydrogens (primary N) is 1. The summed E-state index contributed by atoms with van der Waals surface area (Å²) in [7, 11) is 1.63. The van der Waals surface area contributed by atoms with Crippen molar-refractivity contribution in [1.29, 1.82) is 0 Å². The van der Waals surface area contributed by atoms with E-state index in [0.717, 1.165) is 12.0 Å². The number of halogens is 1. The molecule has 0 fully saturated rings. The standard InChI is InChI=1S/C14H21ClN2O2/c1-10(11-6-3-4-7-12(11)15)17-14(18)13(16)8-5-9-19-2/h3-4,6-7,10,13H,5,8-9,16H2,1-2H3,(H,17,18)/t10-,13?/m1/s1. The summed E-state index contributed by atoms with van der Waals surface area (Å²) in [5, 5.41) is 3.52. The summed E-state index contributed by atoms with van der Waals surface area (Å²) in [6.45, 7) is 2.50. The molecule has 0 aliphatic carbocycles. The van der Waals surface area contributed by atoms with Crippen molar-refractivity contribution in [3.63, 3.8) is 0 Å². The van der Waals surface area contributed by atoms with E-state index in [1.165, 1.54) is 0 Å². The summed E-state index contributed by atoms with van der Waals surface area (Å²) in [6.07, 6.45) is 1.38. The summed E-state index contributed by atoms with van der Waals surface area (Å²) in [6, 6.07) is 6.77. The first-order chi connectivity index (χ1) is 9.06. The number of benzene rings is 1. The molecule has 4 nitrogen and oxygen atoms in total. The Labute approximate surface area is 119 Å². The van der Waals surface area contributed by atoms with Crippen LogP contribution in [0.5, 0.6) is 0 Å². The minimum Gasteiger partial charge on any atom is -0.385 e. The van der Waals surface area contributed by atoms with Crippen molar-refractivity contribution in [3.05, 3.63) is 34.9 Å². The highest BCUT2D eigenvalue weighted by atomic mass is 35.5. The van der Waals surface area contributed by atoms with Crippen molar-refractivity contribution in [2.24, 2.45) is 5.73 Å². The first-order valence-electron chi connectivity index (χ1n) is 6.35. The van der Waals surface area contributed by atoms with Crippen LogP contribution >= 0.6 is 11.6 Å². The molecule has 3 N–H and O–H groups in total. The molecule has 0 aliphatic rings. The Morgan fingerprint density at radius 3 is 2.79 bits per heavy atom. The molecule has 19 heavy (non-hydrogen) atoms. The molecule has 2 atom stereocenters. The zero-order valence-electron chi connectivity index (χ0n) is 11.4. The van der Waals surface area contributed by atoms with Gasteiger partial charge in [-0.2, -0.15) is 0 Å². The topological polar surface area (TPSA) is 64.3 Å². The molecule has 1 aromatic carbocycles. The average Bonchev–Trinajstić information content (AvgIpc) is 2.39. The molecule has 1 rings (SSSR count). The van der Waals surface area contributed by atoms with E-state index in [1.807, 2.05) is 25.1 Å². The first-order valence-corrected chi connectivity index (χ1v) is 6.73.